The van der Waals surface area contributed by atoms with Crippen molar-refractivity contribution in [2.45, 2.75) is 38.8 Å². The maximum atomic E-state index is 11.6. The number of aliphatic imine (C=N–C) groups is 1. The Hall–Kier alpha value is -2.35. The summed E-state index contributed by atoms with van der Waals surface area (Å²) in [6.07, 6.45) is 4.84. The van der Waals surface area contributed by atoms with Gasteiger partial charge in [0.1, 0.15) is 5.82 Å². The van der Waals surface area contributed by atoms with Gasteiger partial charge in [-0.3, -0.25) is 9.79 Å². The molecule has 8 heteroatoms. The summed E-state index contributed by atoms with van der Waals surface area (Å²) in [4.78, 5) is 25.2. The summed E-state index contributed by atoms with van der Waals surface area (Å²) < 4.78 is 5.60. The van der Waals surface area contributed by atoms with E-state index >= 15 is 0 Å². The summed E-state index contributed by atoms with van der Waals surface area (Å²) >= 11 is 0. The average Bonchev–Trinajstić information content (AvgIpc) is 2.75. The van der Waals surface area contributed by atoms with Crippen LogP contribution >= 0.6 is 0 Å². The molecule has 1 aromatic rings. The number of aromatic nitrogens is 1. The molecule has 1 unspecified atom stereocenters. The Bertz CT molecular complexity index is 685. The zero-order valence-corrected chi connectivity index (χ0v) is 17.9. The fourth-order valence-corrected chi connectivity index (χ4v) is 3.96. The van der Waals surface area contributed by atoms with E-state index < -0.39 is 0 Å². The molecule has 2 aliphatic heterocycles. The SMILES string of the molecule is CN=C(NCc1ccc(N2CCOC(C)C2)nc1)N1CCC(CC(=O)NC)CC1. The van der Waals surface area contributed by atoms with Crippen LogP contribution in [0.2, 0.25) is 0 Å². The van der Waals surface area contributed by atoms with E-state index in [0.29, 0.717) is 18.9 Å². The summed E-state index contributed by atoms with van der Waals surface area (Å²) in [5.41, 5.74) is 1.13. The molecule has 0 aromatic carbocycles. The Balaban J connectivity index is 1.46. The zero-order valence-electron chi connectivity index (χ0n) is 17.9. The number of pyridine rings is 1. The van der Waals surface area contributed by atoms with Crippen LogP contribution in [0.4, 0.5) is 5.82 Å². The van der Waals surface area contributed by atoms with E-state index in [1.54, 1.807) is 7.05 Å². The van der Waals surface area contributed by atoms with Gasteiger partial charge in [0, 0.05) is 59.4 Å². The van der Waals surface area contributed by atoms with Crippen molar-refractivity contribution in [2.75, 3.05) is 51.8 Å². The number of ether oxygens (including phenoxy) is 1. The predicted molar refractivity (Wildman–Crippen MR) is 115 cm³/mol. The van der Waals surface area contributed by atoms with Gasteiger partial charge in [-0.2, -0.15) is 0 Å². The first kappa shape index (κ1) is 21.4. The van der Waals surface area contributed by atoms with Crippen molar-refractivity contribution >= 4 is 17.7 Å². The van der Waals surface area contributed by atoms with Gasteiger partial charge in [0.15, 0.2) is 5.96 Å². The number of carbonyl (C=O) groups excluding carboxylic acids is 1. The number of nitrogens with one attached hydrogen (secondary N) is 2. The van der Waals surface area contributed by atoms with Gasteiger partial charge in [-0.05, 0) is 37.3 Å². The quantitative estimate of drug-likeness (QED) is 0.570. The highest BCUT2D eigenvalue weighted by Crippen LogP contribution is 2.20. The first-order valence-corrected chi connectivity index (χ1v) is 10.6. The highest BCUT2D eigenvalue weighted by Gasteiger charge is 2.23. The molecule has 3 heterocycles. The van der Waals surface area contributed by atoms with Gasteiger partial charge in [-0.1, -0.05) is 6.07 Å². The van der Waals surface area contributed by atoms with E-state index in [1.165, 1.54) is 0 Å². The van der Waals surface area contributed by atoms with Gasteiger partial charge in [-0.25, -0.2) is 4.98 Å². The number of rotatable bonds is 5. The third kappa shape index (κ3) is 6.06. The van der Waals surface area contributed by atoms with Crippen LogP contribution in [0.25, 0.3) is 0 Å². The Kier molecular flexibility index (Phi) is 7.69. The standard InChI is InChI=1S/C21H34N6O2/c1-16-15-27(10-11-29-16)19-5-4-18(13-24-19)14-25-21(23-3)26-8-6-17(7-9-26)12-20(28)22-2/h4-5,13,16-17H,6-12,14-15H2,1-3H3,(H,22,28)(H,23,25). The number of hydrogen-bond acceptors (Lipinski definition) is 5. The molecular weight excluding hydrogens is 368 g/mol. The van der Waals surface area contributed by atoms with Gasteiger partial charge in [0.2, 0.25) is 5.91 Å². The summed E-state index contributed by atoms with van der Waals surface area (Å²) in [5.74, 6) is 2.51. The second-order valence-corrected chi connectivity index (χ2v) is 7.86. The van der Waals surface area contributed by atoms with Gasteiger partial charge < -0.3 is 25.2 Å². The number of piperidine rings is 1. The van der Waals surface area contributed by atoms with Crippen LogP contribution in [0.3, 0.4) is 0 Å². The number of likely N-dealkylation sites (tertiary alicyclic amines) is 1. The normalized spacial score (nSPS) is 21.2. The second kappa shape index (κ2) is 10.4. The molecule has 1 atom stereocenters. The van der Waals surface area contributed by atoms with Crippen molar-refractivity contribution in [3.8, 4) is 0 Å². The average molecular weight is 403 g/mol. The number of amides is 1. The van der Waals surface area contributed by atoms with Crippen molar-refractivity contribution in [3.05, 3.63) is 23.9 Å². The maximum Gasteiger partial charge on any atom is 0.220 e. The van der Waals surface area contributed by atoms with Crippen LogP contribution in [-0.4, -0.2) is 74.7 Å². The minimum atomic E-state index is 0.133. The van der Waals surface area contributed by atoms with E-state index in [-0.39, 0.29) is 12.0 Å². The lowest BCUT2D eigenvalue weighted by atomic mass is 9.93. The van der Waals surface area contributed by atoms with Crippen LogP contribution in [-0.2, 0) is 16.1 Å². The number of morpholine rings is 1. The lowest BCUT2D eigenvalue weighted by Gasteiger charge is -2.34. The molecule has 1 aromatic heterocycles. The van der Waals surface area contributed by atoms with Crippen molar-refractivity contribution in [1.29, 1.82) is 0 Å². The molecule has 0 radical (unpaired) electrons. The topological polar surface area (TPSA) is 82.1 Å². The van der Waals surface area contributed by atoms with Crippen LogP contribution < -0.4 is 15.5 Å². The Morgan fingerprint density at radius 3 is 2.72 bits per heavy atom. The highest BCUT2D eigenvalue weighted by molar-refractivity contribution is 5.80. The number of nitrogens with zero attached hydrogens (tertiary/aromatic N) is 4. The molecule has 2 aliphatic rings. The lowest BCUT2D eigenvalue weighted by molar-refractivity contribution is -0.121. The van der Waals surface area contributed by atoms with Crippen molar-refractivity contribution in [1.82, 2.24) is 20.5 Å². The Morgan fingerprint density at radius 1 is 1.31 bits per heavy atom. The molecule has 1 amide bonds. The van der Waals surface area contributed by atoms with Crippen LogP contribution in [0.15, 0.2) is 23.3 Å². The largest absolute Gasteiger partial charge is 0.375 e. The molecular formula is C21H34N6O2. The monoisotopic (exact) mass is 402 g/mol. The molecule has 29 heavy (non-hydrogen) atoms. The molecule has 8 nitrogen and oxygen atoms in total. The Morgan fingerprint density at radius 2 is 2.10 bits per heavy atom. The fourth-order valence-electron chi connectivity index (χ4n) is 3.96. The summed E-state index contributed by atoms with van der Waals surface area (Å²) in [7, 11) is 3.52. The lowest BCUT2D eigenvalue weighted by Crippen LogP contribution is -2.45. The Labute approximate surface area is 173 Å². The molecule has 160 valence electrons. The van der Waals surface area contributed by atoms with Crippen molar-refractivity contribution < 1.29 is 9.53 Å². The van der Waals surface area contributed by atoms with Gasteiger partial charge in [-0.15, -0.1) is 0 Å². The van der Waals surface area contributed by atoms with Crippen LogP contribution in [0.5, 0.6) is 0 Å². The number of guanidine groups is 1. The van der Waals surface area contributed by atoms with Crippen LogP contribution in [0.1, 0.15) is 31.7 Å². The van der Waals surface area contributed by atoms with E-state index in [1.807, 2.05) is 13.2 Å². The molecule has 0 saturated carbocycles. The van der Waals surface area contributed by atoms with Crippen molar-refractivity contribution in [3.63, 3.8) is 0 Å². The number of hydrogen-bond donors (Lipinski definition) is 2. The fraction of sp³-hybridized carbons (Fsp3) is 0.667. The molecule has 2 N–H and O–H groups in total. The third-order valence-corrected chi connectivity index (χ3v) is 5.70. The van der Waals surface area contributed by atoms with E-state index in [4.69, 9.17) is 4.74 Å². The third-order valence-electron chi connectivity index (χ3n) is 5.70. The first-order valence-electron chi connectivity index (χ1n) is 10.6. The summed E-state index contributed by atoms with van der Waals surface area (Å²) in [6, 6.07) is 4.21. The second-order valence-electron chi connectivity index (χ2n) is 7.86. The van der Waals surface area contributed by atoms with E-state index in [2.05, 4.69) is 49.5 Å². The van der Waals surface area contributed by atoms with E-state index in [0.717, 1.165) is 63.0 Å². The van der Waals surface area contributed by atoms with Crippen LogP contribution in [0, 0.1) is 5.92 Å². The van der Waals surface area contributed by atoms with Gasteiger partial charge in [0.25, 0.3) is 0 Å². The van der Waals surface area contributed by atoms with Gasteiger partial charge in [0.05, 0.1) is 12.7 Å². The highest BCUT2D eigenvalue weighted by atomic mass is 16.5. The smallest absolute Gasteiger partial charge is 0.220 e. The molecule has 0 bridgehead atoms. The number of anilines is 1. The van der Waals surface area contributed by atoms with E-state index in [9.17, 15) is 4.79 Å². The molecule has 2 saturated heterocycles. The summed E-state index contributed by atoms with van der Waals surface area (Å²) in [5, 5.41) is 6.17. The minimum absolute atomic E-state index is 0.133. The molecule has 3 rings (SSSR count). The zero-order chi connectivity index (χ0) is 20.6. The van der Waals surface area contributed by atoms with Crippen molar-refractivity contribution in [2.24, 2.45) is 10.9 Å². The molecule has 0 spiro atoms. The summed E-state index contributed by atoms with van der Waals surface area (Å²) in [6.45, 7) is 7.16. The molecule has 0 aliphatic carbocycles. The minimum Gasteiger partial charge on any atom is -0.375 e. The van der Waals surface area contributed by atoms with Gasteiger partial charge >= 0.3 is 0 Å². The predicted octanol–water partition coefficient (Wildman–Crippen LogP) is 1.23. The first-order chi connectivity index (χ1) is 14.1. The maximum absolute atomic E-state index is 11.6. The number of carbonyl (C=O) groups is 1. The molecule has 2 fully saturated rings.